The van der Waals surface area contributed by atoms with Crippen molar-refractivity contribution < 1.29 is 51.7 Å². The number of nitrogens with one attached hydrogen (secondary N) is 2. The van der Waals surface area contributed by atoms with Gasteiger partial charge in [-0.15, -0.1) is 0 Å². The maximum Gasteiger partial charge on any atom is 0.416 e. The lowest BCUT2D eigenvalue weighted by molar-refractivity contribution is -0.145. The highest BCUT2D eigenvalue weighted by atomic mass is 19.4. The van der Waals surface area contributed by atoms with Crippen molar-refractivity contribution in [3.63, 3.8) is 0 Å². The van der Waals surface area contributed by atoms with Gasteiger partial charge in [-0.25, -0.2) is 14.4 Å². The number of halogens is 3. The number of alkyl carbamates (subject to hydrolysis) is 1. The van der Waals surface area contributed by atoms with Gasteiger partial charge in [0, 0.05) is 25.4 Å². The number of carbonyl (C=O) groups excluding carboxylic acids is 4. The van der Waals surface area contributed by atoms with Crippen LogP contribution in [-0.4, -0.2) is 87.3 Å². The van der Waals surface area contributed by atoms with E-state index in [0.717, 1.165) is 25.0 Å². The molecule has 49 heavy (non-hydrogen) atoms. The summed E-state index contributed by atoms with van der Waals surface area (Å²) < 4.78 is 50.7. The molecule has 1 saturated carbocycles. The summed E-state index contributed by atoms with van der Waals surface area (Å²) in [5, 5.41) is 15.3. The first-order chi connectivity index (χ1) is 23.0. The van der Waals surface area contributed by atoms with E-state index in [1.165, 1.54) is 15.9 Å². The third-order valence-electron chi connectivity index (χ3n) is 9.38. The highest BCUT2D eigenvalue weighted by Crippen LogP contribution is 2.45. The molecule has 2 fully saturated rings. The average Bonchev–Trinajstić information content (AvgIpc) is 3.55. The number of hydrogen-bond donors (Lipinski definition) is 3. The van der Waals surface area contributed by atoms with Crippen molar-refractivity contribution in [2.75, 3.05) is 13.1 Å². The van der Waals surface area contributed by atoms with Crippen molar-refractivity contribution in [3.05, 3.63) is 47.0 Å². The molecule has 0 unspecified atom stereocenters. The maximum atomic E-state index is 14.1. The van der Waals surface area contributed by atoms with Crippen LogP contribution >= 0.6 is 0 Å². The number of hydrogen-bond acceptors (Lipinski definition) is 7. The number of nitrogens with zero attached hydrogens (tertiary/aromatic N) is 2. The molecular weight excluding hydrogens is 649 g/mol. The van der Waals surface area contributed by atoms with E-state index in [2.05, 4.69) is 10.6 Å². The standard InChI is InChI=1S/C34H43F3N4O8/c1-32(2,3)49-30(46)38-25-10-8-6-4-5-7-9-23-17-33(23,29(44)45)39-27(42)26-16-24(19-41(26)28(25)43)48-31(47)40-14-13-20-15-22(34(35,36)37)12-11-21(20)18-40/h7,9,11-12,15,23-26H,4-6,8,10,13-14,16-19H2,1-3H3,(H,38,46)(H,39,42)(H,44,45)/b9-7-/t23-,24-,25+,26+,33-/m1/s1. The number of rotatable bonds is 3. The van der Waals surface area contributed by atoms with Gasteiger partial charge in [-0.1, -0.05) is 31.1 Å². The Morgan fingerprint density at radius 2 is 1.84 bits per heavy atom. The Kier molecular flexibility index (Phi) is 10.2. The molecule has 268 valence electrons. The lowest BCUT2D eigenvalue weighted by Crippen LogP contribution is -2.56. The summed E-state index contributed by atoms with van der Waals surface area (Å²) in [7, 11) is 0. The van der Waals surface area contributed by atoms with Gasteiger partial charge < -0.3 is 35.0 Å². The second-order valence-corrected chi connectivity index (χ2v) is 14.2. The second kappa shape index (κ2) is 13.9. The van der Waals surface area contributed by atoms with Crippen LogP contribution in [-0.2, 0) is 43.0 Å². The van der Waals surface area contributed by atoms with Crippen molar-refractivity contribution in [1.82, 2.24) is 20.4 Å². The van der Waals surface area contributed by atoms with Crippen LogP contribution in [0.4, 0.5) is 22.8 Å². The molecule has 1 saturated heterocycles. The van der Waals surface area contributed by atoms with Crippen LogP contribution in [0.3, 0.4) is 0 Å². The van der Waals surface area contributed by atoms with Gasteiger partial charge in [0.1, 0.15) is 29.3 Å². The van der Waals surface area contributed by atoms with E-state index in [9.17, 15) is 42.3 Å². The lowest BCUT2D eigenvalue weighted by atomic mass is 9.97. The highest BCUT2D eigenvalue weighted by Gasteiger charge is 2.61. The summed E-state index contributed by atoms with van der Waals surface area (Å²) in [6.07, 6.45) is -0.0593. The van der Waals surface area contributed by atoms with E-state index in [1.807, 2.05) is 6.08 Å². The Labute approximate surface area is 282 Å². The molecule has 4 amide bonds. The topological polar surface area (TPSA) is 155 Å². The minimum absolute atomic E-state index is 0.0174. The van der Waals surface area contributed by atoms with Gasteiger partial charge in [-0.05, 0) is 76.1 Å². The minimum atomic E-state index is -4.49. The summed E-state index contributed by atoms with van der Waals surface area (Å²) in [5.41, 5.74) is -2.10. The Morgan fingerprint density at radius 3 is 2.53 bits per heavy atom. The largest absolute Gasteiger partial charge is 0.479 e. The van der Waals surface area contributed by atoms with Crippen molar-refractivity contribution in [2.24, 2.45) is 5.92 Å². The van der Waals surface area contributed by atoms with E-state index in [0.29, 0.717) is 24.0 Å². The SMILES string of the molecule is CC(C)(C)OC(=O)N[C@H]1CCCCC/C=C\[C@@H]2C[C@@]2(C(=O)O)NC(=O)[C@@H]2C[C@@H](OC(=O)N3CCc4cc(C(F)(F)F)ccc4C3)CN2C1=O. The molecule has 0 bridgehead atoms. The summed E-state index contributed by atoms with van der Waals surface area (Å²) in [4.78, 5) is 68.8. The molecule has 3 N–H and O–H groups in total. The normalized spacial score (nSPS) is 28.4. The molecule has 5 atom stereocenters. The average molecular weight is 693 g/mol. The number of carboxylic acids is 1. The van der Waals surface area contributed by atoms with Crippen LogP contribution in [0.15, 0.2) is 30.4 Å². The van der Waals surface area contributed by atoms with E-state index >= 15 is 0 Å². The molecule has 3 aliphatic heterocycles. The van der Waals surface area contributed by atoms with Crippen LogP contribution in [0.2, 0.25) is 0 Å². The first-order valence-corrected chi connectivity index (χ1v) is 16.6. The number of alkyl halides is 3. The van der Waals surface area contributed by atoms with E-state index < -0.39 is 77.0 Å². The van der Waals surface area contributed by atoms with Gasteiger partial charge in [0.25, 0.3) is 0 Å². The number of carboxylic acid groups (broad SMARTS) is 1. The fraction of sp³-hybridized carbons (Fsp3) is 0.618. The van der Waals surface area contributed by atoms with Gasteiger partial charge in [0.05, 0.1) is 12.1 Å². The number of fused-ring (bicyclic) bond motifs is 3. The monoisotopic (exact) mass is 692 g/mol. The zero-order valence-electron chi connectivity index (χ0n) is 27.8. The molecular formula is C34H43F3N4O8. The van der Waals surface area contributed by atoms with Crippen LogP contribution in [0, 0.1) is 5.92 Å². The van der Waals surface area contributed by atoms with Crippen LogP contribution in [0.25, 0.3) is 0 Å². The molecule has 1 aromatic rings. The molecule has 0 aromatic heterocycles. The zero-order valence-corrected chi connectivity index (χ0v) is 27.8. The first kappa shape index (κ1) is 36.0. The summed E-state index contributed by atoms with van der Waals surface area (Å²) in [5.74, 6) is -2.94. The fourth-order valence-corrected chi connectivity index (χ4v) is 6.70. The van der Waals surface area contributed by atoms with Crippen molar-refractivity contribution in [1.29, 1.82) is 0 Å². The maximum absolute atomic E-state index is 14.1. The Morgan fingerprint density at radius 1 is 1.08 bits per heavy atom. The molecule has 1 aromatic carbocycles. The second-order valence-electron chi connectivity index (χ2n) is 14.2. The smallest absolute Gasteiger partial charge is 0.416 e. The summed E-state index contributed by atoms with van der Waals surface area (Å²) in [6.45, 7) is 4.97. The van der Waals surface area contributed by atoms with Crippen LogP contribution in [0.5, 0.6) is 0 Å². The summed E-state index contributed by atoms with van der Waals surface area (Å²) in [6, 6.07) is 1.11. The highest BCUT2D eigenvalue weighted by molar-refractivity contribution is 5.96. The molecule has 3 heterocycles. The van der Waals surface area contributed by atoms with Crippen LogP contribution < -0.4 is 10.6 Å². The number of carbonyl (C=O) groups is 5. The van der Waals surface area contributed by atoms with Crippen LogP contribution in [0.1, 0.15) is 82.4 Å². The zero-order chi connectivity index (χ0) is 35.7. The van der Waals surface area contributed by atoms with E-state index in [4.69, 9.17) is 9.47 Å². The fourth-order valence-electron chi connectivity index (χ4n) is 6.70. The predicted molar refractivity (Wildman–Crippen MR) is 168 cm³/mol. The lowest BCUT2D eigenvalue weighted by Gasteiger charge is -2.30. The predicted octanol–water partition coefficient (Wildman–Crippen LogP) is 4.54. The molecule has 15 heteroatoms. The first-order valence-electron chi connectivity index (χ1n) is 16.6. The molecule has 0 spiro atoms. The number of benzene rings is 1. The van der Waals surface area contributed by atoms with Gasteiger partial charge in [0.2, 0.25) is 11.8 Å². The molecule has 4 aliphatic rings. The Hall–Kier alpha value is -4.30. The quantitative estimate of drug-likeness (QED) is 0.390. The Balaban J connectivity index is 1.35. The van der Waals surface area contributed by atoms with E-state index in [-0.39, 0.29) is 45.3 Å². The van der Waals surface area contributed by atoms with Gasteiger partial charge in [-0.3, -0.25) is 9.59 Å². The molecule has 5 rings (SSSR count). The molecule has 1 aliphatic carbocycles. The Bertz CT molecular complexity index is 1510. The number of ether oxygens (including phenoxy) is 2. The van der Waals surface area contributed by atoms with Crippen molar-refractivity contribution in [3.8, 4) is 0 Å². The van der Waals surface area contributed by atoms with Crippen molar-refractivity contribution in [2.45, 2.75) is 114 Å². The number of allylic oxidation sites excluding steroid dienone is 1. The molecule has 12 nitrogen and oxygen atoms in total. The minimum Gasteiger partial charge on any atom is -0.479 e. The van der Waals surface area contributed by atoms with Gasteiger partial charge in [0.15, 0.2) is 0 Å². The van der Waals surface area contributed by atoms with Crippen molar-refractivity contribution >= 4 is 30.0 Å². The summed E-state index contributed by atoms with van der Waals surface area (Å²) >= 11 is 0. The third-order valence-corrected chi connectivity index (χ3v) is 9.38. The van der Waals surface area contributed by atoms with Gasteiger partial charge >= 0.3 is 24.3 Å². The van der Waals surface area contributed by atoms with Gasteiger partial charge in [-0.2, -0.15) is 13.2 Å². The number of amides is 4. The third kappa shape index (κ3) is 8.47. The molecule has 0 radical (unpaired) electrons. The number of aliphatic carboxylic acids is 1. The van der Waals surface area contributed by atoms with E-state index in [1.54, 1.807) is 26.8 Å².